The molecule has 6 rings (SSSR count). The Morgan fingerprint density at radius 1 is 1.09 bits per heavy atom. The quantitative estimate of drug-likeness (QED) is 0.282. The van der Waals surface area contributed by atoms with Crippen LogP contribution in [0.4, 0.5) is 11.4 Å². The number of amides is 3. The van der Waals surface area contributed by atoms with Gasteiger partial charge in [0.15, 0.2) is 13.9 Å². The van der Waals surface area contributed by atoms with Gasteiger partial charge >= 0.3 is 0 Å². The van der Waals surface area contributed by atoms with Crippen LogP contribution in [0.5, 0.6) is 0 Å². The molecule has 0 unspecified atom stereocenters. The fourth-order valence-electron chi connectivity index (χ4n) is 7.77. The van der Waals surface area contributed by atoms with E-state index in [1.165, 1.54) is 0 Å². The average molecular weight is 662 g/mol. The SMILES string of the molecule is C[C@H]1[C@H]([Si](C)(C)O)[C@@H](CC(=O)N2CCC[C@H]2CO)O[C@]12C(=O)N(Cc1cccc(NC(=O)c3ccccc3)c1)c1ccc(Cl)cc12. The normalized spacial score (nSPS) is 25.7. The second kappa shape index (κ2) is 12.6. The summed E-state index contributed by atoms with van der Waals surface area (Å²) in [4.78, 5) is 56.0. The zero-order valence-corrected chi connectivity index (χ0v) is 28.0. The number of benzene rings is 3. The molecule has 242 valence electrons. The van der Waals surface area contributed by atoms with Gasteiger partial charge in [-0.2, -0.15) is 0 Å². The molecule has 5 atom stereocenters. The molecule has 3 N–H and O–H groups in total. The summed E-state index contributed by atoms with van der Waals surface area (Å²) >= 11 is 6.52. The molecule has 3 aliphatic rings. The molecule has 11 heteroatoms. The van der Waals surface area contributed by atoms with Crippen molar-refractivity contribution in [2.45, 2.75) is 69.1 Å². The van der Waals surface area contributed by atoms with Gasteiger partial charge in [0.2, 0.25) is 5.91 Å². The van der Waals surface area contributed by atoms with Crippen LogP contribution in [0.1, 0.15) is 47.7 Å². The molecular weight excluding hydrogens is 622 g/mol. The van der Waals surface area contributed by atoms with Gasteiger partial charge in [0.1, 0.15) is 0 Å². The molecule has 9 nitrogen and oxygen atoms in total. The van der Waals surface area contributed by atoms with Crippen LogP contribution in [-0.2, 0) is 26.5 Å². The van der Waals surface area contributed by atoms with Gasteiger partial charge in [0.05, 0.1) is 37.4 Å². The lowest BCUT2D eigenvalue weighted by Crippen LogP contribution is -2.46. The van der Waals surface area contributed by atoms with Gasteiger partial charge in [0.25, 0.3) is 11.8 Å². The number of ether oxygens (including phenoxy) is 1. The molecule has 3 aromatic rings. The van der Waals surface area contributed by atoms with E-state index in [4.69, 9.17) is 16.3 Å². The Bertz CT molecular complexity index is 1650. The number of halogens is 1. The lowest BCUT2D eigenvalue weighted by molar-refractivity contribution is -0.150. The first-order chi connectivity index (χ1) is 21.9. The molecule has 0 aliphatic carbocycles. The third kappa shape index (κ3) is 5.77. The van der Waals surface area contributed by atoms with E-state index in [2.05, 4.69) is 5.32 Å². The van der Waals surface area contributed by atoms with Crippen LogP contribution in [0.2, 0.25) is 23.7 Å². The summed E-state index contributed by atoms with van der Waals surface area (Å²) in [5, 5.41) is 13.2. The minimum Gasteiger partial charge on any atom is -0.432 e. The third-order valence-corrected chi connectivity index (χ3v) is 12.5. The van der Waals surface area contributed by atoms with Crippen molar-refractivity contribution in [1.82, 2.24) is 4.90 Å². The van der Waals surface area contributed by atoms with Crippen LogP contribution in [0.3, 0.4) is 0 Å². The molecule has 46 heavy (non-hydrogen) atoms. The van der Waals surface area contributed by atoms with Gasteiger partial charge in [-0.3, -0.25) is 14.4 Å². The first-order valence-electron chi connectivity index (χ1n) is 15.8. The highest BCUT2D eigenvalue weighted by atomic mass is 35.5. The Morgan fingerprint density at radius 3 is 2.57 bits per heavy atom. The number of fused-ring (bicyclic) bond motifs is 2. The van der Waals surface area contributed by atoms with Gasteiger partial charge in [-0.15, -0.1) is 0 Å². The molecule has 0 aromatic heterocycles. The van der Waals surface area contributed by atoms with Crippen LogP contribution in [0, 0.1) is 5.92 Å². The highest BCUT2D eigenvalue weighted by Crippen LogP contribution is 2.60. The van der Waals surface area contributed by atoms with Crippen molar-refractivity contribution >= 4 is 49.0 Å². The van der Waals surface area contributed by atoms with Crippen LogP contribution in [-0.4, -0.2) is 66.1 Å². The summed E-state index contributed by atoms with van der Waals surface area (Å²) in [6, 6.07) is 21.4. The minimum atomic E-state index is -2.98. The van der Waals surface area contributed by atoms with E-state index in [1.54, 1.807) is 52.3 Å². The highest BCUT2D eigenvalue weighted by molar-refractivity contribution is 6.71. The summed E-state index contributed by atoms with van der Waals surface area (Å²) in [6.07, 6.45) is 0.884. The number of nitrogens with zero attached hydrogens (tertiary/aromatic N) is 2. The summed E-state index contributed by atoms with van der Waals surface area (Å²) in [5.41, 5.74) is 1.36. The fourth-order valence-corrected chi connectivity index (χ4v) is 10.5. The molecule has 0 bridgehead atoms. The van der Waals surface area contributed by atoms with Crippen LogP contribution >= 0.6 is 11.6 Å². The number of aliphatic hydroxyl groups excluding tert-OH is 1. The van der Waals surface area contributed by atoms with E-state index in [0.29, 0.717) is 34.1 Å². The average Bonchev–Trinajstić information content (AvgIpc) is 3.68. The summed E-state index contributed by atoms with van der Waals surface area (Å²) in [7, 11) is -2.98. The third-order valence-electron chi connectivity index (χ3n) is 9.79. The minimum absolute atomic E-state index is 0.0105. The van der Waals surface area contributed by atoms with Crippen molar-refractivity contribution < 1.29 is 29.0 Å². The molecule has 2 fully saturated rings. The molecule has 0 saturated carbocycles. The smallest absolute Gasteiger partial charge is 0.264 e. The van der Waals surface area contributed by atoms with Crippen molar-refractivity contribution in [3.63, 3.8) is 0 Å². The van der Waals surface area contributed by atoms with E-state index in [0.717, 1.165) is 18.4 Å². The zero-order valence-electron chi connectivity index (χ0n) is 26.3. The second-order valence-corrected chi connectivity index (χ2v) is 17.6. The number of carbonyl (C=O) groups is 3. The van der Waals surface area contributed by atoms with E-state index < -0.39 is 31.5 Å². The molecule has 0 radical (unpaired) electrons. The first kappa shape index (κ1) is 32.4. The number of carbonyl (C=O) groups excluding carboxylic acids is 3. The zero-order chi connectivity index (χ0) is 32.8. The Morgan fingerprint density at radius 2 is 1.85 bits per heavy atom. The van der Waals surface area contributed by atoms with E-state index in [9.17, 15) is 24.3 Å². The second-order valence-electron chi connectivity index (χ2n) is 13.2. The highest BCUT2D eigenvalue weighted by Gasteiger charge is 2.66. The molecule has 3 aromatic carbocycles. The van der Waals surface area contributed by atoms with Crippen LogP contribution < -0.4 is 10.2 Å². The topological polar surface area (TPSA) is 119 Å². The van der Waals surface area contributed by atoms with Gasteiger partial charge in [0, 0.05) is 39.8 Å². The largest absolute Gasteiger partial charge is 0.432 e. The van der Waals surface area contributed by atoms with Gasteiger partial charge in [-0.25, -0.2) is 0 Å². The monoisotopic (exact) mass is 661 g/mol. The van der Waals surface area contributed by atoms with Crippen molar-refractivity contribution in [1.29, 1.82) is 0 Å². The Balaban J connectivity index is 1.31. The van der Waals surface area contributed by atoms with Crippen molar-refractivity contribution in [2.24, 2.45) is 5.92 Å². The van der Waals surface area contributed by atoms with E-state index >= 15 is 0 Å². The van der Waals surface area contributed by atoms with Crippen molar-refractivity contribution in [2.75, 3.05) is 23.4 Å². The summed E-state index contributed by atoms with van der Waals surface area (Å²) in [5.74, 6) is -1.10. The molecular formula is C35H40ClN3O6Si. The number of likely N-dealkylation sites (tertiary alicyclic amines) is 1. The fraction of sp³-hybridized carbons (Fsp3) is 0.400. The maximum absolute atomic E-state index is 14.7. The number of nitrogens with one attached hydrogen (secondary N) is 1. The molecule has 3 amide bonds. The number of rotatable bonds is 8. The van der Waals surface area contributed by atoms with Gasteiger partial charge in [-0.1, -0.05) is 48.9 Å². The Hall–Kier alpha value is -3.54. The van der Waals surface area contributed by atoms with Crippen LogP contribution in [0.15, 0.2) is 72.8 Å². The lowest BCUT2D eigenvalue weighted by Gasteiger charge is -2.32. The maximum atomic E-state index is 14.7. The molecule has 2 saturated heterocycles. The van der Waals surface area contributed by atoms with Crippen LogP contribution in [0.25, 0.3) is 0 Å². The Kier molecular flexibility index (Phi) is 8.86. The first-order valence-corrected chi connectivity index (χ1v) is 19.2. The standard InChI is InChI=1S/C35H40ClN3O6Si/c1-22-32(46(2,3)44)30(19-31(41)38-16-8-13-27(38)21-40)45-35(22)28-18-25(36)14-15-29(28)39(34(35)43)20-23-9-7-12-26(17-23)37-33(42)24-10-5-4-6-11-24/h4-7,9-12,14-15,17-18,22,27,30,32,40,44H,8,13,16,19-21H2,1-3H3,(H,37,42)/t22-,27-,30+,32-,35+/m0/s1. The molecule has 1 spiro atoms. The summed E-state index contributed by atoms with van der Waals surface area (Å²) < 4.78 is 6.81. The van der Waals surface area contributed by atoms with Crippen molar-refractivity contribution in [3.8, 4) is 0 Å². The summed E-state index contributed by atoms with van der Waals surface area (Å²) in [6.45, 7) is 6.26. The number of hydrogen-bond donors (Lipinski definition) is 3. The predicted octanol–water partition coefficient (Wildman–Crippen LogP) is 5.31. The Labute approximate surface area is 275 Å². The van der Waals surface area contributed by atoms with E-state index in [-0.39, 0.29) is 43.3 Å². The molecule has 3 aliphatic heterocycles. The maximum Gasteiger partial charge on any atom is 0.264 e. The molecule has 3 heterocycles. The number of hydrogen-bond acceptors (Lipinski definition) is 6. The number of aliphatic hydroxyl groups is 1. The number of anilines is 2. The van der Waals surface area contributed by atoms with Crippen molar-refractivity contribution in [3.05, 3.63) is 94.5 Å². The van der Waals surface area contributed by atoms with Gasteiger partial charge < -0.3 is 29.8 Å². The van der Waals surface area contributed by atoms with E-state index in [1.807, 2.05) is 50.3 Å². The predicted molar refractivity (Wildman–Crippen MR) is 179 cm³/mol. The lowest BCUT2D eigenvalue weighted by atomic mass is 9.82. The van der Waals surface area contributed by atoms with Gasteiger partial charge in [-0.05, 0) is 74.0 Å².